The molecule has 0 bridgehead atoms. The molecule has 0 fully saturated rings. The second-order valence-electron chi connectivity index (χ2n) is 4.99. The van der Waals surface area contributed by atoms with Gasteiger partial charge in [0.05, 0.1) is 0 Å². The summed E-state index contributed by atoms with van der Waals surface area (Å²) >= 11 is 1.38. The molecule has 0 radical (unpaired) electrons. The third kappa shape index (κ3) is 2.05. The fourth-order valence-corrected chi connectivity index (χ4v) is 3.11. The lowest BCUT2D eigenvalue weighted by molar-refractivity contribution is -0.113. The van der Waals surface area contributed by atoms with Gasteiger partial charge in [-0.2, -0.15) is 0 Å². The second kappa shape index (κ2) is 4.93. The predicted molar refractivity (Wildman–Crippen MR) is 86.2 cm³/mol. The van der Waals surface area contributed by atoms with Crippen molar-refractivity contribution >= 4 is 39.8 Å². The number of ketones is 2. The molecular weight excluding hydrogens is 296 g/mol. The minimum Gasteiger partial charge on any atom is -0.442 e. The summed E-state index contributed by atoms with van der Waals surface area (Å²) in [6.07, 6.45) is 1.64. The van der Waals surface area contributed by atoms with Crippen LogP contribution in [-0.4, -0.2) is 11.6 Å². The Kier molecular flexibility index (Phi) is 2.91. The lowest BCUT2D eigenvalue weighted by Gasteiger charge is -2.15. The molecule has 3 aromatic rings. The van der Waals surface area contributed by atoms with Crippen molar-refractivity contribution in [2.75, 3.05) is 0 Å². The SMILES string of the molecule is O=C1C(=O)c2cc3ccccc3cc2C=C1Oc1cccs1. The van der Waals surface area contributed by atoms with Crippen LogP contribution in [0, 0.1) is 0 Å². The largest absolute Gasteiger partial charge is 0.442 e. The lowest BCUT2D eigenvalue weighted by Crippen LogP contribution is -2.24. The molecule has 0 unspecified atom stereocenters. The third-order valence-corrected chi connectivity index (χ3v) is 4.33. The molecule has 0 atom stereocenters. The van der Waals surface area contributed by atoms with E-state index < -0.39 is 11.6 Å². The molecule has 0 N–H and O–H groups in total. The number of thiophene rings is 1. The van der Waals surface area contributed by atoms with Gasteiger partial charge in [0.2, 0.25) is 5.78 Å². The highest BCUT2D eigenvalue weighted by Crippen LogP contribution is 2.29. The number of Topliss-reactive ketones (excluding diaryl/α,β-unsaturated/α-hetero) is 2. The normalized spacial score (nSPS) is 13.9. The van der Waals surface area contributed by atoms with Gasteiger partial charge in [-0.25, -0.2) is 0 Å². The molecule has 3 nitrogen and oxygen atoms in total. The molecule has 2 aromatic carbocycles. The van der Waals surface area contributed by atoms with Crippen molar-refractivity contribution in [3.8, 4) is 5.06 Å². The van der Waals surface area contributed by atoms with E-state index >= 15 is 0 Å². The molecule has 1 aromatic heterocycles. The monoisotopic (exact) mass is 306 g/mol. The number of hydrogen-bond acceptors (Lipinski definition) is 4. The Balaban J connectivity index is 1.86. The van der Waals surface area contributed by atoms with E-state index in [1.807, 2.05) is 41.8 Å². The van der Waals surface area contributed by atoms with Gasteiger partial charge < -0.3 is 4.74 Å². The summed E-state index contributed by atoms with van der Waals surface area (Å²) in [5.74, 6) is -1.04. The zero-order chi connectivity index (χ0) is 15.1. The predicted octanol–water partition coefficient (Wildman–Crippen LogP) is 4.09. The first-order valence-electron chi connectivity index (χ1n) is 6.77. The maximum absolute atomic E-state index is 12.3. The van der Waals surface area contributed by atoms with E-state index in [0.717, 1.165) is 16.3 Å². The molecule has 1 aliphatic carbocycles. The number of hydrogen-bond donors (Lipinski definition) is 0. The number of ether oxygens (including phenoxy) is 1. The summed E-state index contributed by atoms with van der Waals surface area (Å²) in [5.41, 5.74) is 1.15. The topological polar surface area (TPSA) is 43.4 Å². The highest BCUT2D eigenvalue weighted by atomic mass is 32.1. The highest BCUT2D eigenvalue weighted by Gasteiger charge is 2.29. The van der Waals surface area contributed by atoms with Gasteiger partial charge in [0, 0.05) is 5.56 Å². The molecule has 4 rings (SSSR count). The summed E-state index contributed by atoms with van der Waals surface area (Å²) in [6.45, 7) is 0. The van der Waals surface area contributed by atoms with Gasteiger partial charge in [0.25, 0.3) is 5.78 Å². The Bertz CT molecular complexity index is 936. The lowest BCUT2D eigenvalue weighted by atomic mass is 9.91. The highest BCUT2D eigenvalue weighted by molar-refractivity contribution is 7.11. The summed E-state index contributed by atoms with van der Waals surface area (Å²) < 4.78 is 5.56. The van der Waals surface area contributed by atoms with Crippen LogP contribution in [0.25, 0.3) is 16.8 Å². The molecular formula is C18H10O3S. The zero-order valence-electron chi connectivity index (χ0n) is 11.4. The molecule has 0 saturated carbocycles. The summed E-state index contributed by atoms with van der Waals surface area (Å²) in [6, 6.07) is 15.0. The molecule has 0 saturated heterocycles. The number of allylic oxidation sites excluding steroid dienone is 1. The molecule has 1 heterocycles. The van der Waals surface area contributed by atoms with Crippen molar-refractivity contribution in [2.24, 2.45) is 0 Å². The van der Waals surface area contributed by atoms with Gasteiger partial charge in [0.1, 0.15) is 0 Å². The first-order valence-corrected chi connectivity index (χ1v) is 7.65. The van der Waals surface area contributed by atoms with E-state index in [1.54, 1.807) is 18.2 Å². The Morgan fingerprint density at radius 2 is 1.64 bits per heavy atom. The van der Waals surface area contributed by atoms with Crippen molar-refractivity contribution in [3.63, 3.8) is 0 Å². The number of carbonyl (C=O) groups excluding carboxylic acids is 2. The Morgan fingerprint density at radius 1 is 0.864 bits per heavy atom. The Hall–Kier alpha value is -2.72. The minimum absolute atomic E-state index is 0.0789. The fourth-order valence-electron chi connectivity index (χ4n) is 2.52. The van der Waals surface area contributed by atoms with E-state index in [0.29, 0.717) is 10.6 Å². The molecule has 106 valence electrons. The molecule has 0 spiro atoms. The van der Waals surface area contributed by atoms with Crippen LogP contribution in [0.3, 0.4) is 0 Å². The van der Waals surface area contributed by atoms with Gasteiger partial charge in [-0.05, 0) is 52.1 Å². The van der Waals surface area contributed by atoms with Gasteiger partial charge in [0.15, 0.2) is 10.8 Å². The number of benzene rings is 2. The van der Waals surface area contributed by atoms with E-state index in [-0.39, 0.29) is 5.76 Å². The van der Waals surface area contributed by atoms with Crippen LogP contribution in [0.5, 0.6) is 5.06 Å². The van der Waals surface area contributed by atoms with Crippen LogP contribution in [0.2, 0.25) is 0 Å². The van der Waals surface area contributed by atoms with Gasteiger partial charge in [-0.1, -0.05) is 24.3 Å². The van der Waals surface area contributed by atoms with Crippen molar-refractivity contribution in [2.45, 2.75) is 0 Å². The van der Waals surface area contributed by atoms with Crippen LogP contribution >= 0.6 is 11.3 Å². The van der Waals surface area contributed by atoms with Crippen molar-refractivity contribution < 1.29 is 14.3 Å². The van der Waals surface area contributed by atoms with Crippen LogP contribution in [0.15, 0.2) is 59.7 Å². The van der Waals surface area contributed by atoms with Crippen LogP contribution in [0.1, 0.15) is 15.9 Å². The molecule has 0 aliphatic heterocycles. The second-order valence-corrected chi connectivity index (χ2v) is 5.90. The average Bonchev–Trinajstić information content (AvgIpc) is 3.04. The van der Waals surface area contributed by atoms with Crippen LogP contribution in [0.4, 0.5) is 0 Å². The number of rotatable bonds is 2. The molecule has 4 heteroatoms. The van der Waals surface area contributed by atoms with E-state index in [4.69, 9.17) is 4.74 Å². The fraction of sp³-hybridized carbons (Fsp3) is 0. The number of fused-ring (bicyclic) bond motifs is 2. The van der Waals surface area contributed by atoms with Crippen molar-refractivity contribution in [1.29, 1.82) is 0 Å². The molecule has 22 heavy (non-hydrogen) atoms. The van der Waals surface area contributed by atoms with E-state index in [2.05, 4.69) is 0 Å². The summed E-state index contributed by atoms with van der Waals surface area (Å²) in [4.78, 5) is 24.5. The van der Waals surface area contributed by atoms with Gasteiger partial charge >= 0.3 is 0 Å². The minimum atomic E-state index is -0.601. The van der Waals surface area contributed by atoms with Gasteiger partial charge in [-0.15, -0.1) is 11.3 Å². The molecule has 0 amide bonds. The van der Waals surface area contributed by atoms with Crippen molar-refractivity contribution in [3.05, 3.63) is 70.8 Å². The maximum atomic E-state index is 12.3. The van der Waals surface area contributed by atoms with Crippen LogP contribution in [-0.2, 0) is 4.79 Å². The molecule has 1 aliphatic rings. The first kappa shape index (κ1) is 13.0. The van der Waals surface area contributed by atoms with E-state index in [9.17, 15) is 9.59 Å². The maximum Gasteiger partial charge on any atom is 0.268 e. The smallest absolute Gasteiger partial charge is 0.268 e. The zero-order valence-corrected chi connectivity index (χ0v) is 12.2. The Morgan fingerprint density at radius 3 is 2.36 bits per heavy atom. The van der Waals surface area contributed by atoms with Gasteiger partial charge in [-0.3, -0.25) is 9.59 Å². The van der Waals surface area contributed by atoms with E-state index in [1.165, 1.54) is 11.3 Å². The van der Waals surface area contributed by atoms with Crippen LogP contribution < -0.4 is 4.74 Å². The van der Waals surface area contributed by atoms with Crippen molar-refractivity contribution in [1.82, 2.24) is 0 Å². The Labute approximate surface area is 130 Å². The standard InChI is InChI=1S/C18H10O3S/c19-17-14-9-12-5-2-1-4-11(12)8-13(14)10-15(18(17)20)21-16-6-3-7-22-16/h1-10H. The third-order valence-electron chi connectivity index (χ3n) is 3.58. The quantitative estimate of drug-likeness (QED) is 0.670. The summed E-state index contributed by atoms with van der Waals surface area (Å²) in [5, 5.41) is 4.41. The average molecular weight is 306 g/mol. The first-order chi connectivity index (χ1) is 10.7. The summed E-state index contributed by atoms with van der Waals surface area (Å²) in [7, 11) is 0. The number of carbonyl (C=O) groups is 2.